The third-order valence-corrected chi connectivity index (χ3v) is 17.9. The van der Waals surface area contributed by atoms with E-state index in [-0.39, 0.29) is 25.7 Å². The third kappa shape index (κ3) is 74.9. The van der Waals surface area contributed by atoms with Crippen molar-refractivity contribution in [1.29, 1.82) is 0 Å². The highest BCUT2D eigenvalue weighted by Crippen LogP contribution is 2.45. The highest BCUT2D eigenvalue weighted by molar-refractivity contribution is 7.47. The van der Waals surface area contributed by atoms with Crippen molar-refractivity contribution < 1.29 is 80.2 Å². The van der Waals surface area contributed by atoms with E-state index in [0.717, 1.165) is 135 Å². The van der Waals surface area contributed by atoms with Crippen molar-refractivity contribution in [2.24, 2.45) is 0 Å². The van der Waals surface area contributed by atoms with Gasteiger partial charge >= 0.3 is 39.5 Å². The molecule has 3 N–H and O–H groups in total. The molecule has 104 heavy (non-hydrogen) atoms. The standard InChI is InChI=1S/C85H140O17P2/c1-5-9-13-17-21-25-29-32-35-37-39-41-44-46-50-53-57-61-65-69-82(87)95-75-80(101-84(89)71-67-63-59-55-49-28-24-20-16-12-8-4)77-99-103(91,92)97-73-79(86)74-98-104(93,94)100-78-81(102-85(90)72-68-64-60-56-52-48-43-34-31-27-23-19-15-11-7-3)76-96-83(88)70-66-62-58-54-51-47-45-42-40-38-36-33-30-26-22-18-14-10-6-2/h9-10,13-14,20-22,24-26,32-33,35-36,39-42,46-47,50-51,57-58,61-62,79-81,86H,5-8,11-12,15-19,23,27-31,34,37-38,43-45,48-49,52-56,59-60,63-78H2,1-4H3,(H,91,92)(H,93,94)/b13-9-,14-10-,24-20-,25-21-,26-22-,35-32-,36-33-,41-39-,42-40-,50-46-,51-47-,61-57-,62-58-. The van der Waals surface area contributed by atoms with Crippen LogP contribution in [-0.4, -0.2) is 96.7 Å². The van der Waals surface area contributed by atoms with E-state index in [9.17, 15) is 43.2 Å². The molecule has 0 aliphatic carbocycles. The molecule has 0 aliphatic rings. The fraction of sp³-hybridized carbons (Fsp3) is 0.647. The van der Waals surface area contributed by atoms with Crippen LogP contribution in [0.4, 0.5) is 0 Å². The number of esters is 4. The van der Waals surface area contributed by atoms with Crippen LogP contribution in [-0.2, 0) is 65.4 Å². The maximum Gasteiger partial charge on any atom is 0.472 e. The molecular weight excluding hydrogens is 1350 g/mol. The Labute approximate surface area is 629 Å². The summed E-state index contributed by atoms with van der Waals surface area (Å²) in [6.07, 6.45) is 88.4. The van der Waals surface area contributed by atoms with Gasteiger partial charge in [-0.05, 0) is 122 Å². The van der Waals surface area contributed by atoms with Gasteiger partial charge in [-0.2, -0.15) is 0 Å². The molecule has 0 radical (unpaired) electrons. The maximum absolute atomic E-state index is 13.1. The molecule has 5 atom stereocenters. The van der Waals surface area contributed by atoms with E-state index in [0.29, 0.717) is 38.5 Å². The summed E-state index contributed by atoms with van der Waals surface area (Å²) < 4.78 is 68.4. The van der Waals surface area contributed by atoms with Crippen molar-refractivity contribution in [3.05, 3.63) is 158 Å². The zero-order valence-electron chi connectivity index (χ0n) is 64.6. The molecule has 592 valence electrons. The second-order valence-corrected chi connectivity index (χ2v) is 28.8. The predicted octanol–water partition coefficient (Wildman–Crippen LogP) is 23.2. The Bertz CT molecular complexity index is 2590. The van der Waals surface area contributed by atoms with Crippen LogP contribution in [0.3, 0.4) is 0 Å². The van der Waals surface area contributed by atoms with E-state index in [1.807, 2.05) is 36.5 Å². The number of hydrogen-bond acceptors (Lipinski definition) is 15. The highest BCUT2D eigenvalue weighted by atomic mass is 31.2. The van der Waals surface area contributed by atoms with Gasteiger partial charge in [0.2, 0.25) is 0 Å². The molecule has 0 saturated heterocycles. The first-order valence-electron chi connectivity index (χ1n) is 39.7. The molecule has 5 unspecified atom stereocenters. The largest absolute Gasteiger partial charge is 0.472 e. The zero-order valence-corrected chi connectivity index (χ0v) is 66.4. The van der Waals surface area contributed by atoms with E-state index < -0.39 is 97.5 Å². The van der Waals surface area contributed by atoms with Gasteiger partial charge in [0.25, 0.3) is 0 Å². The Morgan fingerprint density at radius 3 is 0.837 bits per heavy atom. The van der Waals surface area contributed by atoms with E-state index >= 15 is 0 Å². The minimum absolute atomic E-state index is 0.0293. The molecule has 0 aliphatic heterocycles. The van der Waals surface area contributed by atoms with Crippen molar-refractivity contribution in [2.45, 2.75) is 316 Å². The minimum atomic E-state index is -5.00. The maximum atomic E-state index is 13.1. The molecule has 19 heteroatoms. The van der Waals surface area contributed by atoms with Gasteiger partial charge in [0.15, 0.2) is 12.2 Å². The van der Waals surface area contributed by atoms with Crippen LogP contribution >= 0.6 is 15.6 Å². The summed E-state index contributed by atoms with van der Waals surface area (Å²) in [4.78, 5) is 72.9. The molecule has 0 aromatic carbocycles. The second-order valence-electron chi connectivity index (χ2n) is 25.9. The quantitative estimate of drug-likeness (QED) is 0.0169. The van der Waals surface area contributed by atoms with Crippen molar-refractivity contribution in [1.82, 2.24) is 0 Å². The summed E-state index contributed by atoms with van der Waals surface area (Å²) in [5.41, 5.74) is 0. The number of aliphatic hydroxyl groups is 1. The van der Waals surface area contributed by atoms with Crippen LogP contribution in [0.15, 0.2) is 158 Å². The van der Waals surface area contributed by atoms with Crippen LogP contribution < -0.4 is 0 Å². The summed E-state index contributed by atoms with van der Waals surface area (Å²) in [6, 6.07) is 0. The van der Waals surface area contributed by atoms with Gasteiger partial charge in [-0.3, -0.25) is 37.3 Å². The van der Waals surface area contributed by atoms with Gasteiger partial charge < -0.3 is 33.8 Å². The number of ether oxygens (including phenoxy) is 4. The first kappa shape index (κ1) is 98.7. The smallest absolute Gasteiger partial charge is 0.462 e. The Morgan fingerprint density at radius 2 is 0.529 bits per heavy atom. The van der Waals surface area contributed by atoms with E-state index in [4.69, 9.17) is 37.0 Å². The van der Waals surface area contributed by atoms with Gasteiger partial charge in [-0.25, -0.2) is 9.13 Å². The molecule has 0 fully saturated rings. The molecular formula is C85H140O17P2. The zero-order chi connectivity index (χ0) is 76.0. The first-order valence-corrected chi connectivity index (χ1v) is 42.7. The lowest BCUT2D eigenvalue weighted by molar-refractivity contribution is -0.161. The number of allylic oxidation sites excluding steroid dienone is 26. The lowest BCUT2D eigenvalue weighted by Gasteiger charge is -2.21. The molecule has 0 bridgehead atoms. The SMILES string of the molecule is CC/C=C\C/C=C\C/C=C\C/C=C\C/C=C\C/C=C\CCC(=O)OCC(COP(=O)(O)OCC(O)COP(=O)(O)OCC(COC(=O)CC/C=C\C/C=C\C/C=C\C/C=C\C/C=C\C/C=C\CC)OC(=O)CCCCCCCCCCCCCCCCC)OC(=O)CCCCCCC/C=C\CCCC. The number of phosphoric acid groups is 2. The average molecular weight is 1500 g/mol. The summed E-state index contributed by atoms with van der Waals surface area (Å²) in [7, 11) is -10.0. The Hall–Kier alpha value is -5.32. The van der Waals surface area contributed by atoms with Crippen LogP contribution in [0.2, 0.25) is 0 Å². The lowest BCUT2D eigenvalue weighted by Crippen LogP contribution is -2.30. The van der Waals surface area contributed by atoms with Crippen molar-refractivity contribution in [3.63, 3.8) is 0 Å². The van der Waals surface area contributed by atoms with Crippen molar-refractivity contribution in [2.75, 3.05) is 39.6 Å². The predicted molar refractivity (Wildman–Crippen MR) is 427 cm³/mol. The fourth-order valence-corrected chi connectivity index (χ4v) is 11.6. The van der Waals surface area contributed by atoms with Gasteiger partial charge in [-0.1, -0.05) is 308 Å². The monoisotopic (exact) mass is 1490 g/mol. The molecule has 0 rings (SSSR count). The molecule has 0 amide bonds. The molecule has 0 aromatic rings. The Kier molecular flexibility index (Phi) is 72.0. The summed E-state index contributed by atoms with van der Waals surface area (Å²) in [5, 5.41) is 10.6. The molecule has 0 spiro atoms. The third-order valence-electron chi connectivity index (χ3n) is 16.0. The normalized spacial score (nSPS) is 14.7. The first-order chi connectivity index (χ1) is 50.7. The molecule has 0 saturated carbocycles. The van der Waals surface area contributed by atoms with Crippen molar-refractivity contribution >= 4 is 39.5 Å². The number of phosphoric ester groups is 2. The van der Waals surface area contributed by atoms with Crippen LogP contribution in [0.1, 0.15) is 297 Å². The van der Waals surface area contributed by atoms with Crippen LogP contribution in [0, 0.1) is 0 Å². The van der Waals surface area contributed by atoms with E-state index in [1.54, 1.807) is 0 Å². The number of carbonyl (C=O) groups excluding carboxylic acids is 4. The summed E-state index contributed by atoms with van der Waals surface area (Å²) in [5.74, 6) is -2.38. The molecule has 17 nitrogen and oxygen atoms in total. The topological polar surface area (TPSA) is 237 Å². The van der Waals surface area contributed by atoms with E-state index in [2.05, 4.69) is 149 Å². The lowest BCUT2D eigenvalue weighted by atomic mass is 10.0. The summed E-state index contributed by atoms with van der Waals surface area (Å²) in [6.45, 7) is 4.42. The Balaban J connectivity index is 5.45. The van der Waals surface area contributed by atoms with Crippen LogP contribution in [0.5, 0.6) is 0 Å². The number of rotatable bonds is 73. The number of carbonyl (C=O) groups is 4. The molecule has 0 aromatic heterocycles. The van der Waals surface area contributed by atoms with Crippen molar-refractivity contribution in [3.8, 4) is 0 Å². The van der Waals surface area contributed by atoms with Gasteiger partial charge in [0.1, 0.15) is 19.3 Å². The second kappa shape index (κ2) is 75.9. The fourth-order valence-electron chi connectivity index (χ4n) is 10.0. The Morgan fingerprint density at radius 1 is 0.279 bits per heavy atom. The number of aliphatic hydroxyl groups excluding tert-OH is 1. The number of hydrogen-bond donors (Lipinski definition) is 3. The van der Waals surface area contributed by atoms with Gasteiger partial charge in [0, 0.05) is 25.7 Å². The van der Waals surface area contributed by atoms with Crippen LogP contribution in [0.25, 0.3) is 0 Å². The molecule has 0 heterocycles. The average Bonchev–Trinajstić information content (AvgIpc) is 0.931. The van der Waals surface area contributed by atoms with E-state index in [1.165, 1.54) is 70.6 Å². The highest BCUT2D eigenvalue weighted by Gasteiger charge is 2.30. The van der Waals surface area contributed by atoms with Gasteiger partial charge in [-0.15, -0.1) is 0 Å². The van der Waals surface area contributed by atoms with Gasteiger partial charge in [0.05, 0.1) is 26.4 Å². The summed E-state index contributed by atoms with van der Waals surface area (Å²) >= 11 is 0. The minimum Gasteiger partial charge on any atom is -0.462 e. The number of unbranched alkanes of at least 4 members (excludes halogenated alkanes) is 21.